The van der Waals surface area contributed by atoms with Crippen LogP contribution in [-0.2, 0) is 33.3 Å². The molecule has 1 aliphatic heterocycles. The summed E-state index contributed by atoms with van der Waals surface area (Å²) in [7, 11) is 3.59. The van der Waals surface area contributed by atoms with Gasteiger partial charge in [0.15, 0.2) is 6.10 Å². The first-order chi connectivity index (χ1) is 9.52. The Morgan fingerprint density at radius 2 is 1.60 bits per heavy atom. The van der Waals surface area contributed by atoms with Gasteiger partial charge in [0.2, 0.25) is 0 Å². The van der Waals surface area contributed by atoms with Crippen LogP contribution in [-0.4, -0.2) is 50.9 Å². The van der Waals surface area contributed by atoms with Gasteiger partial charge in [-0.1, -0.05) is 6.42 Å². The Morgan fingerprint density at radius 3 is 2.10 bits per heavy atom. The molecule has 0 bridgehead atoms. The first-order valence-electron chi connectivity index (χ1n) is 6.45. The van der Waals surface area contributed by atoms with Crippen molar-refractivity contribution in [2.45, 2.75) is 31.0 Å². The minimum atomic E-state index is -1.86. The quantitative estimate of drug-likeness (QED) is 0.412. The number of carbonyl (C=O) groups excluding carboxylic acids is 3. The van der Waals surface area contributed by atoms with E-state index in [-0.39, 0.29) is 5.92 Å². The summed E-state index contributed by atoms with van der Waals surface area (Å²) in [6.07, 6.45) is 1.16. The van der Waals surface area contributed by atoms with Crippen molar-refractivity contribution in [1.29, 1.82) is 0 Å². The molecule has 0 radical (unpaired) electrons. The number of hydrogen-bond donors (Lipinski definition) is 0. The smallest absolute Gasteiger partial charge is 0.350 e. The molecule has 0 N–H and O–H groups in total. The van der Waals surface area contributed by atoms with Crippen LogP contribution < -0.4 is 0 Å². The monoisotopic (exact) mass is 286 g/mol. The Hall–Kier alpha value is -1.63. The van der Waals surface area contributed by atoms with Crippen LogP contribution in [0, 0.1) is 11.8 Å². The Balaban J connectivity index is 2.44. The molecule has 2 rings (SSSR count). The van der Waals surface area contributed by atoms with E-state index in [9.17, 15) is 14.4 Å². The summed E-state index contributed by atoms with van der Waals surface area (Å²) < 4.78 is 19.7. The lowest BCUT2D eigenvalue weighted by molar-refractivity contribution is -0.193. The maximum atomic E-state index is 12.1. The fourth-order valence-electron chi connectivity index (χ4n) is 3.36. The summed E-state index contributed by atoms with van der Waals surface area (Å²) in [6.45, 7) is 0. The number of hydrogen-bond acceptors (Lipinski definition) is 7. The van der Waals surface area contributed by atoms with Gasteiger partial charge in [-0.3, -0.25) is 0 Å². The van der Waals surface area contributed by atoms with E-state index in [1.807, 2.05) is 0 Å². The van der Waals surface area contributed by atoms with Crippen LogP contribution >= 0.6 is 0 Å². The zero-order valence-corrected chi connectivity index (χ0v) is 11.7. The van der Waals surface area contributed by atoms with E-state index in [1.165, 1.54) is 21.3 Å². The summed E-state index contributed by atoms with van der Waals surface area (Å²) in [5.74, 6) is -2.90. The molecule has 0 unspecified atom stereocenters. The molecule has 0 aromatic heterocycles. The molecular formula is C13H18O7. The average molecular weight is 286 g/mol. The molecule has 3 atom stereocenters. The number of carbonyl (C=O) groups is 3. The topological polar surface area (TPSA) is 88.1 Å². The first kappa shape index (κ1) is 14.8. The molecule has 7 heteroatoms. The Kier molecular flexibility index (Phi) is 3.99. The summed E-state index contributed by atoms with van der Waals surface area (Å²) in [6, 6.07) is 0. The Morgan fingerprint density at radius 1 is 1.00 bits per heavy atom. The van der Waals surface area contributed by atoms with Crippen LogP contribution in [0.2, 0.25) is 0 Å². The van der Waals surface area contributed by atoms with Crippen LogP contribution in [0.25, 0.3) is 0 Å². The second-order valence-corrected chi connectivity index (χ2v) is 4.98. The highest BCUT2D eigenvalue weighted by Crippen LogP contribution is 2.51. The van der Waals surface area contributed by atoms with Crippen molar-refractivity contribution in [3.05, 3.63) is 0 Å². The van der Waals surface area contributed by atoms with Gasteiger partial charge in [0.1, 0.15) is 0 Å². The highest BCUT2D eigenvalue weighted by molar-refractivity contribution is 6.05. The summed E-state index contributed by atoms with van der Waals surface area (Å²) >= 11 is 0. The van der Waals surface area contributed by atoms with Crippen molar-refractivity contribution in [2.24, 2.45) is 11.8 Å². The van der Waals surface area contributed by atoms with Gasteiger partial charge in [0.25, 0.3) is 5.60 Å². The van der Waals surface area contributed by atoms with Crippen LogP contribution in [0.3, 0.4) is 0 Å². The zero-order valence-electron chi connectivity index (χ0n) is 11.7. The van der Waals surface area contributed by atoms with Crippen LogP contribution in [0.1, 0.15) is 19.3 Å². The van der Waals surface area contributed by atoms with Gasteiger partial charge in [-0.25, -0.2) is 14.4 Å². The molecule has 1 saturated heterocycles. The van der Waals surface area contributed by atoms with Gasteiger partial charge in [-0.15, -0.1) is 0 Å². The lowest BCUT2D eigenvalue weighted by Gasteiger charge is -2.27. The van der Waals surface area contributed by atoms with Crippen molar-refractivity contribution >= 4 is 17.9 Å². The van der Waals surface area contributed by atoms with Crippen molar-refractivity contribution < 1.29 is 33.3 Å². The van der Waals surface area contributed by atoms with E-state index in [4.69, 9.17) is 18.9 Å². The SMILES string of the molecule is COC(=O)[C@@H]1OC(C(=O)OC)(C(=O)OC)[C@@H]2CCC[C@@H]21. The van der Waals surface area contributed by atoms with Gasteiger partial charge in [-0.2, -0.15) is 0 Å². The predicted molar refractivity (Wildman–Crippen MR) is 64.5 cm³/mol. The fraction of sp³-hybridized carbons (Fsp3) is 0.769. The molecule has 1 heterocycles. The molecule has 2 fully saturated rings. The normalized spacial score (nSPS) is 30.4. The van der Waals surface area contributed by atoms with Crippen molar-refractivity contribution in [3.8, 4) is 0 Å². The minimum absolute atomic E-state index is 0.236. The Labute approximate surface area is 116 Å². The largest absolute Gasteiger partial charge is 0.467 e. The predicted octanol–water partition coefficient (Wildman–Crippen LogP) is 0.0593. The number of fused-ring (bicyclic) bond motifs is 1. The van der Waals surface area contributed by atoms with Gasteiger partial charge in [-0.05, 0) is 12.8 Å². The van der Waals surface area contributed by atoms with Crippen molar-refractivity contribution in [2.75, 3.05) is 21.3 Å². The second kappa shape index (κ2) is 5.40. The van der Waals surface area contributed by atoms with Crippen LogP contribution in [0.5, 0.6) is 0 Å². The maximum absolute atomic E-state index is 12.1. The molecule has 0 aromatic carbocycles. The van der Waals surface area contributed by atoms with Crippen LogP contribution in [0.4, 0.5) is 0 Å². The number of methoxy groups -OCH3 is 3. The maximum Gasteiger partial charge on any atom is 0.350 e. The third kappa shape index (κ3) is 1.88. The van der Waals surface area contributed by atoms with Crippen LogP contribution in [0.15, 0.2) is 0 Å². The lowest BCUT2D eigenvalue weighted by Crippen LogP contribution is -2.53. The molecule has 1 saturated carbocycles. The molecule has 20 heavy (non-hydrogen) atoms. The number of ether oxygens (including phenoxy) is 4. The number of rotatable bonds is 3. The minimum Gasteiger partial charge on any atom is -0.467 e. The third-order valence-electron chi connectivity index (χ3n) is 4.20. The molecule has 2 aliphatic rings. The van der Waals surface area contributed by atoms with Gasteiger partial charge >= 0.3 is 17.9 Å². The third-order valence-corrected chi connectivity index (χ3v) is 4.20. The molecule has 7 nitrogen and oxygen atoms in total. The molecular weight excluding hydrogens is 268 g/mol. The van der Waals surface area contributed by atoms with E-state index in [0.717, 1.165) is 6.42 Å². The van der Waals surface area contributed by atoms with Gasteiger partial charge in [0.05, 0.1) is 21.3 Å². The second-order valence-electron chi connectivity index (χ2n) is 4.98. The van der Waals surface area contributed by atoms with E-state index < -0.39 is 35.5 Å². The Bertz CT molecular complexity index is 414. The van der Waals surface area contributed by atoms with E-state index in [1.54, 1.807) is 0 Å². The van der Waals surface area contributed by atoms with Gasteiger partial charge in [0, 0.05) is 11.8 Å². The first-order valence-corrected chi connectivity index (χ1v) is 6.45. The fourth-order valence-corrected chi connectivity index (χ4v) is 3.36. The van der Waals surface area contributed by atoms with Crippen molar-refractivity contribution in [3.63, 3.8) is 0 Å². The zero-order chi connectivity index (χ0) is 14.9. The number of esters is 3. The van der Waals surface area contributed by atoms with Crippen molar-refractivity contribution in [1.82, 2.24) is 0 Å². The molecule has 1 aliphatic carbocycles. The van der Waals surface area contributed by atoms with Gasteiger partial charge < -0.3 is 18.9 Å². The molecule has 0 aromatic rings. The molecule has 0 spiro atoms. The standard InChI is InChI=1S/C13H18O7/c1-17-10(14)9-7-5-4-6-8(7)13(20-9,11(15)18-2)12(16)19-3/h7-9H,4-6H2,1-3H3/t7-,8+,9+/m0/s1. The van der Waals surface area contributed by atoms with E-state index in [2.05, 4.69) is 0 Å². The summed E-state index contributed by atoms with van der Waals surface area (Å²) in [4.78, 5) is 36.1. The molecule has 112 valence electrons. The highest BCUT2D eigenvalue weighted by atomic mass is 16.6. The average Bonchev–Trinajstić information content (AvgIpc) is 3.06. The van der Waals surface area contributed by atoms with E-state index >= 15 is 0 Å². The highest BCUT2D eigenvalue weighted by Gasteiger charge is 2.68. The molecule has 0 amide bonds. The summed E-state index contributed by atoms with van der Waals surface area (Å²) in [5, 5.41) is 0. The lowest BCUT2D eigenvalue weighted by atomic mass is 9.81. The van der Waals surface area contributed by atoms with E-state index in [0.29, 0.717) is 12.8 Å². The summed E-state index contributed by atoms with van der Waals surface area (Å²) in [5.41, 5.74) is -1.86.